The Balaban J connectivity index is 2.10. The lowest BCUT2D eigenvalue weighted by atomic mass is 9.90. The minimum atomic E-state index is -0.531. The second-order valence-electron chi connectivity index (χ2n) is 5.24. The number of rotatable bonds is 2. The molecule has 0 radical (unpaired) electrons. The first-order valence-electron chi connectivity index (χ1n) is 6.63. The third kappa shape index (κ3) is 2.25. The summed E-state index contributed by atoms with van der Waals surface area (Å²) in [6.45, 7) is 2.46. The molecule has 3 rings (SSSR count). The van der Waals surface area contributed by atoms with Crippen LogP contribution in [-0.4, -0.2) is 12.5 Å². The zero-order chi connectivity index (χ0) is 15.0. The van der Waals surface area contributed by atoms with Gasteiger partial charge in [0.25, 0.3) is 0 Å². The van der Waals surface area contributed by atoms with E-state index in [2.05, 4.69) is 4.99 Å². The zero-order valence-corrected chi connectivity index (χ0v) is 12.3. The summed E-state index contributed by atoms with van der Waals surface area (Å²) in [5, 5.41) is 0.659. The number of nitrogens with zero attached hydrogens (tertiary/aromatic N) is 2. The number of nitrogens with two attached hydrogens (primary N) is 1. The summed E-state index contributed by atoms with van der Waals surface area (Å²) >= 11 is 5.94. The van der Waals surface area contributed by atoms with E-state index in [-0.39, 0.29) is 5.82 Å². The number of hydrogen-bond acceptors (Lipinski definition) is 3. The molecule has 0 aromatic heterocycles. The number of benzene rings is 2. The molecule has 108 valence electrons. The maximum Gasteiger partial charge on any atom is 0.196 e. The Morgan fingerprint density at radius 3 is 2.52 bits per heavy atom. The summed E-state index contributed by atoms with van der Waals surface area (Å²) in [6.07, 6.45) is 0. The molecule has 1 heterocycles. The maximum atomic E-state index is 14.2. The van der Waals surface area contributed by atoms with Gasteiger partial charge in [-0.15, -0.1) is 0 Å². The van der Waals surface area contributed by atoms with Crippen molar-refractivity contribution in [1.29, 1.82) is 0 Å². The van der Waals surface area contributed by atoms with Crippen molar-refractivity contribution in [3.05, 3.63) is 64.9 Å². The molecule has 21 heavy (non-hydrogen) atoms. The van der Waals surface area contributed by atoms with Gasteiger partial charge in [-0.2, -0.15) is 0 Å². The number of para-hydroxylation sites is 1. The van der Waals surface area contributed by atoms with Gasteiger partial charge >= 0.3 is 0 Å². The molecular weight excluding hydrogens is 289 g/mol. The molecule has 1 aliphatic rings. The molecule has 1 atom stereocenters. The van der Waals surface area contributed by atoms with Crippen LogP contribution < -0.4 is 10.6 Å². The smallest absolute Gasteiger partial charge is 0.196 e. The molecule has 0 bridgehead atoms. The molecule has 2 aromatic carbocycles. The van der Waals surface area contributed by atoms with Crippen LogP contribution in [0.1, 0.15) is 12.5 Å². The van der Waals surface area contributed by atoms with Gasteiger partial charge in [-0.25, -0.2) is 4.39 Å². The largest absolute Gasteiger partial charge is 0.369 e. The van der Waals surface area contributed by atoms with E-state index in [0.29, 0.717) is 23.2 Å². The van der Waals surface area contributed by atoms with Crippen LogP contribution in [0.5, 0.6) is 0 Å². The van der Waals surface area contributed by atoms with Gasteiger partial charge in [-0.3, -0.25) is 9.89 Å². The minimum Gasteiger partial charge on any atom is -0.369 e. The third-order valence-corrected chi connectivity index (χ3v) is 4.08. The normalized spacial score (nSPS) is 21.5. The van der Waals surface area contributed by atoms with E-state index in [1.807, 2.05) is 31.2 Å². The number of aliphatic imine (C=N–C) groups is 1. The SMILES string of the molecule is CC1(c2ccc(Cl)cc2)CN=C(N)N1c1ccccc1F. The molecule has 1 unspecified atom stereocenters. The molecule has 3 nitrogen and oxygen atoms in total. The molecule has 1 aliphatic heterocycles. The Kier molecular flexibility index (Phi) is 3.33. The van der Waals surface area contributed by atoms with Gasteiger partial charge in [0.1, 0.15) is 5.82 Å². The Hall–Kier alpha value is -2.07. The Bertz CT molecular complexity index is 699. The molecule has 5 heteroatoms. The van der Waals surface area contributed by atoms with Crippen molar-refractivity contribution in [2.24, 2.45) is 10.7 Å². The molecule has 0 saturated heterocycles. The van der Waals surface area contributed by atoms with Crippen molar-refractivity contribution >= 4 is 23.2 Å². The Morgan fingerprint density at radius 1 is 1.19 bits per heavy atom. The zero-order valence-electron chi connectivity index (χ0n) is 11.6. The number of guanidine groups is 1. The van der Waals surface area contributed by atoms with Crippen LogP contribution in [-0.2, 0) is 5.54 Å². The highest BCUT2D eigenvalue weighted by molar-refractivity contribution is 6.30. The molecular formula is C16H15ClFN3. The van der Waals surface area contributed by atoms with E-state index in [1.54, 1.807) is 23.1 Å². The lowest BCUT2D eigenvalue weighted by molar-refractivity contribution is 0.520. The monoisotopic (exact) mass is 303 g/mol. The first kappa shape index (κ1) is 13.9. The van der Waals surface area contributed by atoms with Crippen molar-refractivity contribution in [2.45, 2.75) is 12.5 Å². The summed E-state index contributed by atoms with van der Waals surface area (Å²) in [5.74, 6) is -0.00436. The van der Waals surface area contributed by atoms with E-state index in [0.717, 1.165) is 5.56 Å². The Labute approximate surface area is 127 Å². The first-order valence-corrected chi connectivity index (χ1v) is 7.01. The quantitative estimate of drug-likeness (QED) is 0.922. The van der Waals surface area contributed by atoms with Crippen molar-refractivity contribution in [3.8, 4) is 0 Å². The summed E-state index contributed by atoms with van der Waals surface area (Å²) in [6, 6.07) is 14.0. The molecule has 0 saturated carbocycles. The van der Waals surface area contributed by atoms with E-state index < -0.39 is 5.54 Å². The van der Waals surface area contributed by atoms with Gasteiger partial charge in [0.05, 0.1) is 17.8 Å². The highest BCUT2D eigenvalue weighted by Crippen LogP contribution is 2.38. The van der Waals surface area contributed by atoms with Gasteiger partial charge < -0.3 is 5.73 Å². The molecule has 0 fully saturated rings. The highest BCUT2D eigenvalue weighted by Gasteiger charge is 2.41. The molecule has 2 N–H and O–H groups in total. The van der Waals surface area contributed by atoms with Crippen LogP contribution in [0.3, 0.4) is 0 Å². The summed E-state index contributed by atoms with van der Waals surface area (Å²) in [5.41, 5.74) is 6.89. The van der Waals surface area contributed by atoms with Gasteiger partial charge in [-0.1, -0.05) is 35.9 Å². The van der Waals surface area contributed by atoms with Crippen LogP contribution in [0.4, 0.5) is 10.1 Å². The number of hydrogen-bond donors (Lipinski definition) is 1. The fourth-order valence-electron chi connectivity index (χ4n) is 2.68. The van der Waals surface area contributed by atoms with E-state index in [9.17, 15) is 4.39 Å². The lowest BCUT2D eigenvalue weighted by Gasteiger charge is -2.36. The fourth-order valence-corrected chi connectivity index (χ4v) is 2.81. The van der Waals surface area contributed by atoms with Crippen molar-refractivity contribution < 1.29 is 4.39 Å². The topological polar surface area (TPSA) is 41.6 Å². The predicted molar refractivity (Wildman–Crippen MR) is 84.2 cm³/mol. The molecule has 2 aromatic rings. The fraction of sp³-hybridized carbons (Fsp3) is 0.188. The van der Waals surface area contributed by atoms with E-state index >= 15 is 0 Å². The van der Waals surface area contributed by atoms with Gasteiger partial charge in [0, 0.05) is 5.02 Å². The first-order chi connectivity index (χ1) is 10.0. The van der Waals surface area contributed by atoms with Gasteiger partial charge in [-0.05, 0) is 36.8 Å². The van der Waals surface area contributed by atoms with Crippen LogP contribution in [0, 0.1) is 5.82 Å². The Morgan fingerprint density at radius 2 is 1.86 bits per heavy atom. The predicted octanol–water partition coefficient (Wildman–Crippen LogP) is 3.53. The van der Waals surface area contributed by atoms with Gasteiger partial charge in [0.15, 0.2) is 5.96 Å². The third-order valence-electron chi connectivity index (χ3n) is 3.83. The molecule has 0 spiro atoms. The second kappa shape index (κ2) is 5.04. The average Bonchev–Trinajstić information content (AvgIpc) is 2.77. The van der Waals surface area contributed by atoms with Crippen molar-refractivity contribution in [3.63, 3.8) is 0 Å². The number of anilines is 1. The second-order valence-corrected chi connectivity index (χ2v) is 5.68. The standard InChI is InChI=1S/C16H15ClFN3/c1-16(11-6-8-12(17)9-7-11)10-20-15(19)21(16)14-5-3-2-4-13(14)18/h2-9H,10H2,1H3,(H2,19,20). The van der Waals surface area contributed by atoms with E-state index in [4.69, 9.17) is 17.3 Å². The maximum absolute atomic E-state index is 14.2. The van der Waals surface area contributed by atoms with Crippen molar-refractivity contribution in [1.82, 2.24) is 0 Å². The van der Waals surface area contributed by atoms with Crippen LogP contribution in [0.25, 0.3) is 0 Å². The molecule has 0 amide bonds. The molecule has 0 aliphatic carbocycles. The average molecular weight is 304 g/mol. The summed E-state index contributed by atoms with van der Waals surface area (Å²) < 4.78 is 14.2. The van der Waals surface area contributed by atoms with Crippen LogP contribution >= 0.6 is 11.6 Å². The van der Waals surface area contributed by atoms with Crippen LogP contribution in [0.2, 0.25) is 5.02 Å². The van der Waals surface area contributed by atoms with Gasteiger partial charge in [0.2, 0.25) is 0 Å². The van der Waals surface area contributed by atoms with E-state index in [1.165, 1.54) is 6.07 Å². The lowest BCUT2D eigenvalue weighted by Crippen LogP contribution is -2.48. The minimum absolute atomic E-state index is 0.317. The van der Waals surface area contributed by atoms with Crippen LogP contribution in [0.15, 0.2) is 53.5 Å². The summed E-state index contributed by atoms with van der Waals surface area (Å²) in [4.78, 5) is 6.05. The number of halogens is 2. The van der Waals surface area contributed by atoms with Crippen molar-refractivity contribution in [2.75, 3.05) is 11.4 Å². The highest BCUT2D eigenvalue weighted by atomic mass is 35.5. The summed E-state index contributed by atoms with van der Waals surface area (Å²) in [7, 11) is 0.